The number of rotatable bonds is 3. The Hall–Kier alpha value is -1.35. The molecule has 102 valence electrons. The van der Waals surface area contributed by atoms with E-state index in [9.17, 15) is 4.79 Å². The average molecular weight is 258 g/mol. The highest BCUT2D eigenvalue weighted by Gasteiger charge is 2.33. The van der Waals surface area contributed by atoms with Gasteiger partial charge in [0.05, 0.1) is 0 Å². The Balaban J connectivity index is 1.55. The van der Waals surface area contributed by atoms with Crippen molar-refractivity contribution in [2.75, 3.05) is 6.54 Å². The standard InChI is InChI=1S/C16H22N2O/c1-11-4-2-3-5-15(11)16(19)17-10-12-8-13-6-7-14(9-12)18-13/h2-5,12-14,18H,6-10H2,1H3,(H,17,19). The normalized spacial score (nSPS) is 29.2. The van der Waals surface area contributed by atoms with Crippen molar-refractivity contribution in [3.63, 3.8) is 0 Å². The molecule has 2 N–H and O–H groups in total. The lowest BCUT2D eigenvalue weighted by Gasteiger charge is -2.29. The number of carbonyl (C=O) groups is 1. The Morgan fingerprint density at radius 3 is 2.63 bits per heavy atom. The van der Waals surface area contributed by atoms with Crippen LogP contribution in [0.15, 0.2) is 24.3 Å². The molecule has 2 unspecified atom stereocenters. The molecule has 1 aromatic carbocycles. The summed E-state index contributed by atoms with van der Waals surface area (Å²) in [6, 6.07) is 9.16. The lowest BCUT2D eigenvalue weighted by atomic mass is 9.92. The van der Waals surface area contributed by atoms with Gasteiger partial charge in [0, 0.05) is 24.2 Å². The van der Waals surface area contributed by atoms with Gasteiger partial charge in [0.25, 0.3) is 5.91 Å². The predicted molar refractivity (Wildman–Crippen MR) is 76.2 cm³/mol. The highest BCUT2D eigenvalue weighted by Crippen LogP contribution is 2.30. The zero-order valence-corrected chi connectivity index (χ0v) is 11.5. The van der Waals surface area contributed by atoms with Crippen LogP contribution in [-0.4, -0.2) is 24.5 Å². The van der Waals surface area contributed by atoms with Crippen LogP contribution >= 0.6 is 0 Å². The molecule has 2 aliphatic heterocycles. The topological polar surface area (TPSA) is 41.1 Å². The van der Waals surface area contributed by atoms with Gasteiger partial charge in [-0.2, -0.15) is 0 Å². The van der Waals surface area contributed by atoms with Crippen molar-refractivity contribution < 1.29 is 4.79 Å². The van der Waals surface area contributed by atoms with E-state index in [0.29, 0.717) is 18.0 Å². The van der Waals surface area contributed by atoms with Gasteiger partial charge in [-0.05, 0) is 50.2 Å². The third-order valence-corrected chi connectivity index (χ3v) is 4.51. The number of amides is 1. The summed E-state index contributed by atoms with van der Waals surface area (Å²) in [5, 5.41) is 6.75. The van der Waals surface area contributed by atoms with Crippen LogP contribution in [0.1, 0.15) is 41.6 Å². The molecule has 0 spiro atoms. The molecule has 2 saturated heterocycles. The second kappa shape index (κ2) is 5.33. The Bertz CT molecular complexity index is 460. The van der Waals surface area contributed by atoms with Gasteiger partial charge < -0.3 is 10.6 Å². The van der Waals surface area contributed by atoms with Crippen molar-refractivity contribution in [3.8, 4) is 0 Å². The molecule has 3 rings (SSSR count). The van der Waals surface area contributed by atoms with Crippen molar-refractivity contribution in [2.24, 2.45) is 5.92 Å². The Labute approximate surface area is 114 Å². The van der Waals surface area contributed by atoms with Crippen molar-refractivity contribution in [3.05, 3.63) is 35.4 Å². The van der Waals surface area contributed by atoms with Gasteiger partial charge in [0.1, 0.15) is 0 Å². The van der Waals surface area contributed by atoms with Crippen LogP contribution in [0.3, 0.4) is 0 Å². The van der Waals surface area contributed by atoms with Crippen molar-refractivity contribution in [1.82, 2.24) is 10.6 Å². The molecule has 0 aromatic heterocycles. The molecule has 0 saturated carbocycles. The van der Waals surface area contributed by atoms with Gasteiger partial charge in [-0.3, -0.25) is 4.79 Å². The first-order valence-electron chi connectivity index (χ1n) is 7.32. The number of fused-ring (bicyclic) bond motifs is 2. The molecule has 2 atom stereocenters. The highest BCUT2D eigenvalue weighted by molar-refractivity contribution is 5.95. The number of aryl methyl sites for hydroxylation is 1. The molecule has 1 aromatic rings. The van der Waals surface area contributed by atoms with E-state index in [1.807, 2.05) is 31.2 Å². The lowest BCUT2D eigenvalue weighted by Crippen LogP contribution is -2.42. The first kappa shape index (κ1) is 12.7. The first-order chi connectivity index (χ1) is 9.22. The maximum Gasteiger partial charge on any atom is 0.251 e. The van der Waals surface area contributed by atoms with Crippen molar-refractivity contribution >= 4 is 5.91 Å². The Morgan fingerprint density at radius 2 is 1.95 bits per heavy atom. The van der Waals surface area contributed by atoms with Crippen LogP contribution in [0.25, 0.3) is 0 Å². The summed E-state index contributed by atoms with van der Waals surface area (Å²) in [6.07, 6.45) is 5.05. The van der Waals surface area contributed by atoms with Gasteiger partial charge in [-0.1, -0.05) is 18.2 Å². The quantitative estimate of drug-likeness (QED) is 0.873. The third-order valence-electron chi connectivity index (χ3n) is 4.51. The molecule has 1 amide bonds. The fraction of sp³-hybridized carbons (Fsp3) is 0.562. The van der Waals surface area contributed by atoms with Crippen LogP contribution in [-0.2, 0) is 0 Å². The van der Waals surface area contributed by atoms with Gasteiger partial charge in [0.2, 0.25) is 0 Å². The molecule has 2 bridgehead atoms. The second-order valence-corrected chi connectivity index (χ2v) is 6.00. The van der Waals surface area contributed by atoms with Crippen molar-refractivity contribution in [2.45, 2.75) is 44.7 Å². The van der Waals surface area contributed by atoms with Crippen LogP contribution in [0.5, 0.6) is 0 Å². The molecule has 0 aliphatic carbocycles. The highest BCUT2D eigenvalue weighted by atomic mass is 16.1. The largest absolute Gasteiger partial charge is 0.352 e. The molecule has 2 aliphatic rings. The average Bonchev–Trinajstić information content (AvgIpc) is 2.76. The minimum absolute atomic E-state index is 0.0731. The van der Waals surface area contributed by atoms with E-state index in [1.165, 1.54) is 25.7 Å². The van der Waals surface area contributed by atoms with E-state index in [-0.39, 0.29) is 5.91 Å². The molecular formula is C16H22N2O. The van der Waals surface area contributed by atoms with Gasteiger partial charge in [-0.25, -0.2) is 0 Å². The minimum Gasteiger partial charge on any atom is -0.352 e. The van der Waals surface area contributed by atoms with E-state index in [2.05, 4.69) is 10.6 Å². The molecule has 0 radical (unpaired) electrons. The fourth-order valence-corrected chi connectivity index (χ4v) is 3.50. The van der Waals surface area contributed by atoms with E-state index < -0.39 is 0 Å². The van der Waals surface area contributed by atoms with E-state index >= 15 is 0 Å². The maximum atomic E-state index is 12.2. The molecule has 3 nitrogen and oxygen atoms in total. The number of hydrogen-bond donors (Lipinski definition) is 2. The Morgan fingerprint density at radius 1 is 1.26 bits per heavy atom. The molecular weight excluding hydrogens is 236 g/mol. The summed E-state index contributed by atoms with van der Waals surface area (Å²) < 4.78 is 0. The van der Waals surface area contributed by atoms with E-state index in [0.717, 1.165) is 17.7 Å². The molecule has 2 heterocycles. The molecule has 2 fully saturated rings. The number of hydrogen-bond acceptors (Lipinski definition) is 2. The maximum absolute atomic E-state index is 12.2. The predicted octanol–water partition coefficient (Wildman–Crippen LogP) is 2.26. The molecule has 19 heavy (non-hydrogen) atoms. The summed E-state index contributed by atoms with van der Waals surface area (Å²) in [6.45, 7) is 2.81. The first-order valence-corrected chi connectivity index (χ1v) is 7.32. The number of piperidine rings is 1. The number of carbonyl (C=O) groups excluding carboxylic acids is 1. The van der Waals surface area contributed by atoms with Gasteiger partial charge in [0.15, 0.2) is 0 Å². The van der Waals surface area contributed by atoms with E-state index in [1.54, 1.807) is 0 Å². The van der Waals surface area contributed by atoms with Crippen LogP contribution in [0, 0.1) is 12.8 Å². The zero-order valence-electron chi connectivity index (χ0n) is 11.5. The summed E-state index contributed by atoms with van der Waals surface area (Å²) in [5.41, 5.74) is 1.85. The zero-order chi connectivity index (χ0) is 13.2. The van der Waals surface area contributed by atoms with Crippen LogP contribution in [0.2, 0.25) is 0 Å². The number of nitrogens with one attached hydrogen (secondary N) is 2. The lowest BCUT2D eigenvalue weighted by molar-refractivity contribution is 0.0941. The summed E-state index contributed by atoms with van der Waals surface area (Å²) in [4.78, 5) is 12.2. The SMILES string of the molecule is Cc1ccccc1C(=O)NCC1CC2CCC(C1)N2. The monoisotopic (exact) mass is 258 g/mol. The summed E-state index contributed by atoms with van der Waals surface area (Å²) in [5.74, 6) is 0.718. The van der Waals surface area contributed by atoms with Crippen molar-refractivity contribution in [1.29, 1.82) is 0 Å². The fourth-order valence-electron chi connectivity index (χ4n) is 3.50. The smallest absolute Gasteiger partial charge is 0.251 e. The molecule has 3 heteroatoms. The summed E-state index contributed by atoms with van der Waals surface area (Å²) in [7, 11) is 0. The second-order valence-electron chi connectivity index (χ2n) is 6.00. The minimum atomic E-state index is 0.0731. The summed E-state index contributed by atoms with van der Waals surface area (Å²) >= 11 is 0. The van der Waals surface area contributed by atoms with Crippen LogP contribution < -0.4 is 10.6 Å². The van der Waals surface area contributed by atoms with E-state index in [4.69, 9.17) is 0 Å². The van der Waals surface area contributed by atoms with Crippen LogP contribution in [0.4, 0.5) is 0 Å². The third kappa shape index (κ3) is 2.81. The van der Waals surface area contributed by atoms with Gasteiger partial charge in [-0.15, -0.1) is 0 Å². The number of benzene rings is 1. The van der Waals surface area contributed by atoms with Gasteiger partial charge >= 0.3 is 0 Å². The Kier molecular flexibility index (Phi) is 3.56.